The first-order valence-electron chi connectivity index (χ1n) is 5.32. The number of nitrogens with one attached hydrogen (secondary N) is 1. The van der Waals surface area contributed by atoms with Crippen molar-refractivity contribution in [3.8, 4) is 11.8 Å². The van der Waals surface area contributed by atoms with Gasteiger partial charge in [0.25, 0.3) is 0 Å². The van der Waals surface area contributed by atoms with Crippen molar-refractivity contribution in [3.63, 3.8) is 0 Å². The first-order valence-corrected chi connectivity index (χ1v) is 5.32. The maximum Gasteiger partial charge on any atom is 0.218 e. The maximum atomic E-state index is 11.0. The highest BCUT2D eigenvalue weighted by Crippen LogP contribution is 2.16. The molecule has 1 atom stereocenters. The topological polar surface area (TPSA) is 62.1 Å². The van der Waals surface area contributed by atoms with Crippen molar-refractivity contribution in [1.29, 1.82) is 5.26 Å². The van der Waals surface area contributed by atoms with E-state index in [-0.39, 0.29) is 5.91 Å². The zero-order valence-electron chi connectivity index (χ0n) is 10.3. The fourth-order valence-corrected chi connectivity index (χ4v) is 1.65. The van der Waals surface area contributed by atoms with Crippen LogP contribution in [0.1, 0.15) is 19.4 Å². The van der Waals surface area contributed by atoms with E-state index in [0.29, 0.717) is 6.42 Å². The lowest BCUT2D eigenvalue weighted by Crippen LogP contribution is -2.45. The van der Waals surface area contributed by atoms with Gasteiger partial charge in [-0.05, 0) is 24.6 Å². The SMILES string of the molecule is COc1ccc(C[C@](C)(C#N)NC(C)=O)cc1. The molecule has 0 aliphatic rings. The Hall–Kier alpha value is -2.02. The van der Waals surface area contributed by atoms with Crippen molar-refractivity contribution in [2.24, 2.45) is 0 Å². The summed E-state index contributed by atoms with van der Waals surface area (Å²) in [4.78, 5) is 11.0. The second-order valence-electron chi connectivity index (χ2n) is 4.15. The molecule has 0 fully saturated rings. The lowest BCUT2D eigenvalue weighted by Gasteiger charge is -2.22. The van der Waals surface area contributed by atoms with Crippen LogP contribution in [0.3, 0.4) is 0 Å². The van der Waals surface area contributed by atoms with E-state index in [4.69, 9.17) is 10.00 Å². The maximum absolute atomic E-state index is 11.0. The van der Waals surface area contributed by atoms with Gasteiger partial charge in [-0.15, -0.1) is 0 Å². The minimum Gasteiger partial charge on any atom is -0.497 e. The van der Waals surface area contributed by atoms with Crippen LogP contribution >= 0.6 is 0 Å². The molecule has 4 heteroatoms. The zero-order valence-corrected chi connectivity index (χ0v) is 10.3. The largest absolute Gasteiger partial charge is 0.497 e. The molecule has 0 bridgehead atoms. The molecule has 0 saturated carbocycles. The lowest BCUT2D eigenvalue weighted by atomic mass is 9.94. The average Bonchev–Trinajstić information content (AvgIpc) is 2.29. The van der Waals surface area contributed by atoms with Crippen molar-refractivity contribution in [2.45, 2.75) is 25.8 Å². The minimum absolute atomic E-state index is 0.206. The fraction of sp³-hybridized carbons (Fsp3) is 0.385. The number of benzene rings is 1. The van der Waals surface area contributed by atoms with Gasteiger partial charge in [0.05, 0.1) is 13.2 Å². The summed E-state index contributed by atoms with van der Waals surface area (Å²) < 4.78 is 5.06. The van der Waals surface area contributed by atoms with Gasteiger partial charge in [0.15, 0.2) is 0 Å². The Morgan fingerprint density at radius 1 is 1.47 bits per heavy atom. The number of rotatable bonds is 4. The predicted octanol–water partition coefficient (Wildman–Crippen LogP) is 1.66. The van der Waals surface area contributed by atoms with Crippen LogP contribution in [-0.4, -0.2) is 18.6 Å². The molecule has 0 saturated heterocycles. The highest BCUT2D eigenvalue weighted by molar-refractivity contribution is 5.74. The second kappa shape index (κ2) is 5.35. The van der Waals surface area contributed by atoms with Crippen LogP contribution in [0.5, 0.6) is 5.75 Å². The Kier molecular flexibility index (Phi) is 4.11. The van der Waals surface area contributed by atoms with Gasteiger partial charge in [0.2, 0.25) is 5.91 Å². The van der Waals surface area contributed by atoms with Crippen LogP contribution in [0.15, 0.2) is 24.3 Å². The molecule has 0 aliphatic carbocycles. The smallest absolute Gasteiger partial charge is 0.218 e. The summed E-state index contributed by atoms with van der Waals surface area (Å²) >= 11 is 0. The van der Waals surface area contributed by atoms with Gasteiger partial charge in [0.1, 0.15) is 11.3 Å². The molecule has 17 heavy (non-hydrogen) atoms. The van der Waals surface area contributed by atoms with Gasteiger partial charge >= 0.3 is 0 Å². The van der Waals surface area contributed by atoms with E-state index in [1.165, 1.54) is 6.92 Å². The first-order chi connectivity index (χ1) is 7.99. The Bertz CT molecular complexity index is 434. The Labute approximate surface area is 101 Å². The molecule has 4 nitrogen and oxygen atoms in total. The van der Waals surface area contributed by atoms with Crippen LogP contribution in [0, 0.1) is 11.3 Å². The average molecular weight is 232 g/mol. The normalized spacial score (nSPS) is 13.3. The summed E-state index contributed by atoms with van der Waals surface area (Å²) in [6, 6.07) is 9.56. The highest BCUT2D eigenvalue weighted by Gasteiger charge is 2.24. The van der Waals surface area contributed by atoms with E-state index in [1.54, 1.807) is 14.0 Å². The molecule has 0 aromatic heterocycles. The van der Waals surface area contributed by atoms with Gasteiger partial charge in [-0.25, -0.2) is 0 Å². The molecule has 0 radical (unpaired) electrons. The number of nitriles is 1. The van der Waals surface area contributed by atoms with Crippen LogP contribution < -0.4 is 10.1 Å². The van der Waals surface area contributed by atoms with E-state index in [1.807, 2.05) is 24.3 Å². The Morgan fingerprint density at radius 2 is 2.06 bits per heavy atom. The zero-order chi connectivity index (χ0) is 12.9. The van der Waals surface area contributed by atoms with Crippen LogP contribution in [-0.2, 0) is 11.2 Å². The number of hydrogen-bond donors (Lipinski definition) is 1. The molecule has 1 aromatic carbocycles. The number of hydrogen-bond acceptors (Lipinski definition) is 3. The van der Waals surface area contributed by atoms with Crippen molar-refractivity contribution < 1.29 is 9.53 Å². The van der Waals surface area contributed by atoms with E-state index in [2.05, 4.69) is 11.4 Å². The molecular formula is C13H16N2O2. The molecule has 1 aromatic rings. The Balaban J connectivity index is 2.80. The van der Waals surface area contributed by atoms with Gasteiger partial charge in [-0.1, -0.05) is 12.1 Å². The third kappa shape index (κ3) is 3.80. The number of nitrogens with zero attached hydrogens (tertiary/aromatic N) is 1. The van der Waals surface area contributed by atoms with Crippen LogP contribution in [0.4, 0.5) is 0 Å². The molecule has 1 N–H and O–H groups in total. The quantitative estimate of drug-likeness (QED) is 0.858. The van der Waals surface area contributed by atoms with Crippen LogP contribution in [0.2, 0.25) is 0 Å². The summed E-state index contributed by atoms with van der Waals surface area (Å²) in [5, 5.41) is 11.8. The summed E-state index contributed by atoms with van der Waals surface area (Å²) in [6.07, 6.45) is 0.465. The highest BCUT2D eigenvalue weighted by atomic mass is 16.5. The summed E-state index contributed by atoms with van der Waals surface area (Å²) in [7, 11) is 1.60. The molecule has 1 rings (SSSR count). The summed E-state index contributed by atoms with van der Waals surface area (Å²) in [5.74, 6) is 0.564. The van der Waals surface area contributed by atoms with E-state index < -0.39 is 5.54 Å². The number of methoxy groups -OCH3 is 1. The number of ether oxygens (including phenoxy) is 1. The number of amides is 1. The van der Waals surface area contributed by atoms with Gasteiger partial charge in [-0.2, -0.15) is 5.26 Å². The molecule has 90 valence electrons. The standard InChI is InChI=1S/C13H16N2O2/c1-10(16)15-13(2,9-14)8-11-4-6-12(17-3)7-5-11/h4-7H,8H2,1-3H3,(H,15,16)/t13-/m1/s1. The third-order valence-electron chi connectivity index (χ3n) is 2.42. The van der Waals surface area contributed by atoms with Gasteiger partial charge < -0.3 is 10.1 Å². The van der Waals surface area contributed by atoms with Gasteiger partial charge in [0, 0.05) is 13.3 Å². The minimum atomic E-state index is -0.875. The predicted molar refractivity (Wildman–Crippen MR) is 64.5 cm³/mol. The molecule has 0 spiro atoms. The number of carbonyl (C=O) groups is 1. The first kappa shape index (κ1) is 13.0. The third-order valence-corrected chi connectivity index (χ3v) is 2.42. The molecule has 0 unspecified atom stereocenters. The number of carbonyl (C=O) groups excluding carboxylic acids is 1. The molecule has 0 aliphatic heterocycles. The van der Waals surface area contributed by atoms with Crippen LogP contribution in [0.25, 0.3) is 0 Å². The van der Waals surface area contributed by atoms with E-state index in [9.17, 15) is 4.79 Å². The molecule has 0 heterocycles. The van der Waals surface area contributed by atoms with Crippen molar-refractivity contribution in [2.75, 3.05) is 7.11 Å². The van der Waals surface area contributed by atoms with Crippen molar-refractivity contribution >= 4 is 5.91 Å². The monoisotopic (exact) mass is 232 g/mol. The van der Waals surface area contributed by atoms with Gasteiger partial charge in [-0.3, -0.25) is 4.79 Å². The Morgan fingerprint density at radius 3 is 2.47 bits per heavy atom. The summed E-state index contributed by atoms with van der Waals surface area (Å²) in [6.45, 7) is 3.11. The lowest BCUT2D eigenvalue weighted by molar-refractivity contribution is -0.120. The molecule has 1 amide bonds. The van der Waals surface area contributed by atoms with E-state index >= 15 is 0 Å². The van der Waals surface area contributed by atoms with Crippen molar-refractivity contribution in [1.82, 2.24) is 5.32 Å². The van der Waals surface area contributed by atoms with Crippen molar-refractivity contribution in [3.05, 3.63) is 29.8 Å². The fourth-order valence-electron chi connectivity index (χ4n) is 1.65. The van der Waals surface area contributed by atoms with E-state index in [0.717, 1.165) is 11.3 Å². The second-order valence-corrected chi connectivity index (χ2v) is 4.15. The summed E-state index contributed by atoms with van der Waals surface area (Å²) in [5.41, 5.74) is 0.101. The molecular weight excluding hydrogens is 216 g/mol.